The zero-order valence-electron chi connectivity index (χ0n) is 13.7. The molecule has 0 N–H and O–H groups in total. The molecule has 24 heavy (non-hydrogen) atoms. The summed E-state index contributed by atoms with van der Waals surface area (Å²) in [4.78, 5) is 17.6. The van der Waals surface area contributed by atoms with E-state index >= 15 is 0 Å². The van der Waals surface area contributed by atoms with Crippen LogP contribution >= 0.6 is 0 Å². The molecule has 0 amide bonds. The van der Waals surface area contributed by atoms with Gasteiger partial charge >= 0.3 is 0 Å². The SMILES string of the molecule is Cc1ccc2c(c1)C(=O)c1cc(-c3cnn(C)c3)cnc1/C=C\C2. The number of fused-ring (bicyclic) bond motifs is 2. The minimum absolute atomic E-state index is 0.0336. The molecule has 0 radical (unpaired) electrons. The molecule has 4 rings (SSSR count). The maximum absolute atomic E-state index is 13.1. The van der Waals surface area contributed by atoms with E-state index in [9.17, 15) is 4.79 Å². The number of aryl methyl sites for hydroxylation is 2. The summed E-state index contributed by atoms with van der Waals surface area (Å²) in [5.41, 5.74) is 6.13. The molecule has 0 spiro atoms. The van der Waals surface area contributed by atoms with Gasteiger partial charge in [-0.15, -0.1) is 0 Å². The highest BCUT2D eigenvalue weighted by atomic mass is 16.1. The van der Waals surface area contributed by atoms with Gasteiger partial charge in [0.15, 0.2) is 5.78 Å². The van der Waals surface area contributed by atoms with Crippen molar-refractivity contribution in [3.63, 3.8) is 0 Å². The van der Waals surface area contributed by atoms with Crippen LogP contribution in [0.25, 0.3) is 17.2 Å². The molecule has 0 saturated carbocycles. The second-order valence-electron chi connectivity index (χ2n) is 6.16. The number of hydrogen-bond acceptors (Lipinski definition) is 3. The summed E-state index contributed by atoms with van der Waals surface area (Å²) >= 11 is 0. The number of carbonyl (C=O) groups is 1. The zero-order valence-corrected chi connectivity index (χ0v) is 13.7. The third-order valence-electron chi connectivity index (χ3n) is 4.32. The van der Waals surface area contributed by atoms with E-state index in [0.29, 0.717) is 5.56 Å². The number of benzene rings is 1. The third kappa shape index (κ3) is 2.46. The van der Waals surface area contributed by atoms with Crippen LogP contribution in [0.3, 0.4) is 0 Å². The summed E-state index contributed by atoms with van der Waals surface area (Å²) in [5.74, 6) is 0.0336. The number of allylic oxidation sites excluding steroid dienone is 1. The van der Waals surface area contributed by atoms with Crippen LogP contribution in [0.5, 0.6) is 0 Å². The first-order valence-corrected chi connectivity index (χ1v) is 7.91. The van der Waals surface area contributed by atoms with Crippen molar-refractivity contribution in [3.05, 3.63) is 76.9 Å². The van der Waals surface area contributed by atoms with Crippen molar-refractivity contribution in [2.45, 2.75) is 13.3 Å². The predicted molar refractivity (Wildman–Crippen MR) is 93.8 cm³/mol. The fourth-order valence-electron chi connectivity index (χ4n) is 3.04. The van der Waals surface area contributed by atoms with Crippen molar-refractivity contribution in [1.29, 1.82) is 0 Å². The number of nitrogens with zero attached hydrogens (tertiary/aromatic N) is 3. The topological polar surface area (TPSA) is 47.8 Å². The molecule has 2 heterocycles. The Kier molecular flexibility index (Phi) is 3.38. The Hall–Kier alpha value is -3.01. The summed E-state index contributed by atoms with van der Waals surface area (Å²) in [7, 11) is 1.87. The van der Waals surface area contributed by atoms with Crippen molar-refractivity contribution < 1.29 is 4.79 Å². The maximum atomic E-state index is 13.1. The van der Waals surface area contributed by atoms with E-state index in [1.165, 1.54) is 0 Å². The van der Waals surface area contributed by atoms with Crippen LogP contribution in [0, 0.1) is 6.92 Å². The van der Waals surface area contributed by atoms with Gasteiger partial charge < -0.3 is 0 Å². The molecule has 0 saturated heterocycles. The molecule has 0 unspecified atom stereocenters. The van der Waals surface area contributed by atoms with E-state index in [4.69, 9.17) is 0 Å². The van der Waals surface area contributed by atoms with Crippen LogP contribution in [0.4, 0.5) is 0 Å². The van der Waals surface area contributed by atoms with Crippen LogP contribution in [-0.4, -0.2) is 20.5 Å². The highest BCUT2D eigenvalue weighted by Gasteiger charge is 2.20. The molecular formula is C20H17N3O. The fraction of sp³-hybridized carbons (Fsp3) is 0.150. The van der Waals surface area contributed by atoms with Gasteiger partial charge in [0, 0.05) is 41.7 Å². The van der Waals surface area contributed by atoms with Gasteiger partial charge in [-0.3, -0.25) is 14.5 Å². The first kappa shape index (κ1) is 14.6. The van der Waals surface area contributed by atoms with Crippen molar-refractivity contribution >= 4 is 11.9 Å². The van der Waals surface area contributed by atoms with Gasteiger partial charge in [0.05, 0.1) is 11.9 Å². The van der Waals surface area contributed by atoms with Crippen LogP contribution < -0.4 is 0 Å². The summed E-state index contributed by atoms with van der Waals surface area (Å²) in [6.45, 7) is 2.01. The summed E-state index contributed by atoms with van der Waals surface area (Å²) in [5, 5.41) is 4.20. The highest BCUT2D eigenvalue weighted by Crippen LogP contribution is 2.26. The second-order valence-corrected chi connectivity index (χ2v) is 6.16. The van der Waals surface area contributed by atoms with Crippen molar-refractivity contribution in [3.8, 4) is 11.1 Å². The predicted octanol–water partition coefficient (Wildman–Crippen LogP) is 3.59. The molecule has 1 aromatic carbocycles. The van der Waals surface area contributed by atoms with Gasteiger partial charge in [-0.2, -0.15) is 5.10 Å². The molecule has 0 fully saturated rings. The number of aromatic nitrogens is 3. The summed E-state index contributed by atoms with van der Waals surface area (Å²) in [6.07, 6.45) is 10.2. The lowest BCUT2D eigenvalue weighted by Crippen LogP contribution is -2.10. The Balaban J connectivity index is 1.89. The zero-order chi connectivity index (χ0) is 16.7. The third-order valence-corrected chi connectivity index (χ3v) is 4.32. The quantitative estimate of drug-likeness (QED) is 0.689. The Labute approximate surface area is 140 Å². The Morgan fingerprint density at radius 3 is 2.75 bits per heavy atom. The van der Waals surface area contributed by atoms with E-state index in [-0.39, 0.29) is 5.78 Å². The van der Waals surface area contributed by atoms with E-state index < -0.39 is 0 Å². The number of hydrogen-bond donors (Lipinski definition) is 0. The van der Waals surface area contributed by atoms with Crippen molar-refractivity contribution in [2.75, 3.05) is 0 Å². The average Bonchev–Trinajstić information content (AvgIpc) is 3.01. The first-order chi connectivity index (χ1) is 11.6. The number of pyridine rings is 1. The number of carbonyl (C=O) groups excluding carboxylic acids is 1. The molecule has 0 aliphatic heterocycles. The van der Waals surface area contributed by atoms with Gasteiger partial charge in [0.1, 0.15) is 0 Å². The van der Waals surface area contributed by atoms with Crippen LogP contribution in [-0.2, 0) is 13.5 Å². The minimum Gasteiger partial charge on any atom is -0.289 e. The lowest BCUT2D eigenvalue weighted by molar-refractivity contribution is 0.103. The van der Waals surface area contributed by atoms with Crippen LogP contribution in [0.1, 0.15) is 32.7 Å². The number of ketones is 1. The van der Waals surface area contributed by atoms with Crippen LogP contribution in [0.15, 0.2) is 48.9 Å². The molecule has 3 aromatic rings. The Morgan fingerprint density at radius 2 is 1.96 bits per heavy atom. The molecule has 2 aromatic heterocycles. The summed E-state index contributed by atoms with van der Waals surface area (Å²) < 4.78 is 1.74. The van der Waals surface area contributed by atoms with Gasteiger partial charge in [0.2, 0.25) is 0 Å². The average molecular weight is 315 g/mol. The standard InChI is InChI=1S/C20H17N3O/c1-13-6-7-14-4-3-5-19-18(20(24)17(14)8-13)9-15(10-21-19)16-11-22-23(2)12-16/h3,5-12H,4H2,1-2H3/b5-3-. The molecule has 0 atom stereocenters. The van der Waals surface area contributed by atoms with Crippen molar-refractivity contribution in [1.82, 2.24) is 14.8 Å². The summed E-state index contributed by atoms with van der Waals surface area (Å²) in [6, 6.07) is 7.98. The van der Waals surface area contributed by atoms with E-state index in [0.717, 1.165) is 39.9 Å². The van der Waals surface area contributed by atoms with Crippen LogP contribution in [0.2, 0.25) is 0 Å². The van der Waals surface area contributed by atoms with Gasteiger partial charge in [-0.05, 0) is 37.1 Å². The second kappa shape index (κ2) is 5.57. The normalized spacial score (nSPS) is 14.5. The van der Waals surface area contributed by atoms with Crippen molar-refractivity contribution in [2.24, 2.45) is 7.05 Å². The maximum Gasteiger partial charge on any atom is 0.195 e. The molecule has 0 bridgehead atoms. The van der Waals surface area contributed by atoms with Gasteiger partial charge in [0.25, 0.3) is 0 Å². The minimum atomic E-state index is 0.0336. The fourth-order valence-corrected chi connectivity index (χ4v) is 3.04. The largest absolute Gasteiger partial charge is 0.289 e. The van der Waals surface area contributed by atoms with E-state index in [1.54, 1.807) is 17.1 Å². The Bertz CT molecular complexity index is 982. The van der Waals surface area contributed by atoms with E-state index in [2.05, 4.69) is 16.2 Å². The molecular weight excluding hydrogens is 298 g/mol. The highest BCUT2D eigenvalue weighted by molar-refractivity contribution is 6.12. The number of rotatable bonds is 1. The molecule has 1 aliphatic rings. The molecule has 118 valence electrons. The molecule has 1 aliphatic carbocycles. The lowest BCUT2D eigenvalue weighted by atomic mass is 9.91. The van der Waals surface area contributed by atoms with E-state index in [1.807, 2.05) is 50.5 Å². The monoisotopic (exact) mass is 315 g/mol. The lowest BCUT2D eigenvalue weighted by Gasteiger charge is -2.13. The van der Waals surface area contributed by atoms with Gasteiger partial charge in [-0.25, -0.2) is 0 Å². The van der Waals surface area contributed by atoms with Gasteiger partial charge in [-0.1, -0.05) is 23.8 Å². The molecule has 4 heteroatoms. The first-order valence-electron chi connectivity index (χ1n) is 7.91. The smallest absolute Gasteiger partial charge is 0.195 e. The molecule has 4 nitrogen and oxygen atoms in total. The Morgan fingerprint density at radius 1 is 1.08 bits per heavy atom.